The van der Waals surface area contributed by atoms with E-state index in [2.05, 4.69) is 0 Å². The number of aliphatic hydroxyl groups is 1. The lowest BCUT2D eigenvalue weighted by atomic mass is 9.85. The van der Waals surface area contributed by atoms with Crippen LogP contribution in [0.3, 0.4) is 0 Å². The van der Waals surface area contributed by atoms with Crippen molar-refractivity contribution in [3.8, 4) is 0 Å². The lowest BCUT2D eigenvalue weighted by molar-refractivity contribution is -0.134. The highest BCUT2D eigenvalue weighted by Crippen LogP contribution is 2.41. The summed E-state index contributed by atoms with van der Waals surface area (Å²) >= 11 is 1.30. The molecule has 2 heterocycles. The molecule has 1 saturated heterocycles. The van der Waals surface area contributed by atoms with Gasteiger partial charge in [-0.15, -0.1) is 11.3 Å². The normalized spacial score (nSPS) is 33.6. The van der Waals surface area contributed by atoms with Gasteiger partial charge in [-0.2, -0.15) is 0 Å². The molecule has 0 amide bonds. The molecule has 2 unspecified atom stereocenters. The molecule has 94 valence electrons. The minimum atomic E-state index is -1.07. The van der Waals surface area contributed by atoms with Crippen LogP contribution < -0.4 is 0 Å². The predicted octanol–water partition coefficient (Wildman–Crippen LogP) is 2.22. The van der Waals surface area contributed by atoms with Gasteiger partial charge in [0.1, 0.15) is 5.60 Å². The molecule has 1 aromatic rings. The topological polar surface area (TPSA) is 66.8 Å². The summed E-state index contributed by atoms with van der Waals surface area (Å²) in [6.07, 6.45) is 0.760. The average molecular weight is 256 g/mol. The molecule has 4 nitrogen and oxygen atoms in total. The molecule has 0 spiro atoms. The Bertz CT molecular complexity index is 416. The Morgan fingerprint density at radius 3 is 2.59 bits per heavy atom. The number of aromatic carboxylic acids is 1. The molecule has 0 saturated carbocycles. The molecule has 1 aliphatic heterocycles. The van der Waals surface area contributed by atoms with Crippen molar-refractivity contribution in [1.82, 2.24) is 0 Å². The molecule has 17 heavy (non-hydrogen) atoms. The van der Waals surface area contributed by atoms with E-state index in [4.69, 9.17) is 9.84 Å². The average Bonchev–Trinajstić information content (AvgIpc) is 2.63. The Hall–Kier alpha value is -0.910. The fourth-order valence-corrected chi connectivity index (χ4v) is 3.56. The van der Waals surface area contributed by atoms with Gasteiger partial charge in [0.25, 0.3) is 0 Å². The van der Waals surface area contributed by atoms with Gasteiger partial charge in [-0.05, 0) is 25.3 Å². The van der Waals surface area contributed by atoms with E-state index in [1.807, 2.05) is 13.8 Å². The fraction of sp³-hybridized carbons (Fsp3) is 0.583. The highest BCUT2D eigenvalue weighted by atomic mass is 32.1. The maximum atomic E-state index is 11.1. The van der Waals surface area contributed by atoms with Crippen molar-refractivity contribution in [1.29, 1.82) is 0 Å². The molecule has 5 heteroatoms. The van der Waals surface area contributed by atoms with E-state index >= 15 is 0 Å². The number of ether oxygens (including phenoxy) is 1. The molecule has 0 radical (unpaired) electrons. The van der Waals surface area contributed by atoms with Crippen molar-refractivity contribution in [3.05, 3.63) is 21.9 Å². The first kappa shape index (κ1) is 12.5. The quantitative estimate of drug-likeness (QED) is 0.851. The zero-order valence-electron chi connectivity index (χ0n) is 9.84. The van der Waals surface area contributed by atoms with Gasteiger partial charge in [0.15, 0.2) is 0 Å². The Labute approximate surface area is 104 Å². The Balaban J connectivity index is 2.36. The zero-order valence-corrected chi connectivity index (χ0v) is 10.7. The van der Waals surface area contributed by atoms with Crippen molar-refractivity contribution in [2.24, 2.45) is 0 Å². The van der Waals surface area contributed by atoms with Gasteiger partial charge in [0.05, 0.1) is 22.6 Å². The third-order valence-electron chi connectivity index (χ3n) is 3.03. The summed E-state index contributed by atoms with van der Waals surface area (Å²) < 4.78 is 5.58. The van der Waals surface area contributed by atoms with Crippen LogP contribution in [0.15, 0.2) is 11.4 Å². The summed E-state index contributed by atoms with van der Waals surface area (Å²) in [5, 5.41) is 21.5. The minimum Gasteiger partial charge on any atom is -0.478 e. The monoisotopic (exact) mass is 256 g/mol. The summed E-state index contributed by atoms with van der Waals surface area (Å²) in [5.41, 5.74) is -0.863. The van der Waals surface area contributed by atoms with Crippen molar-refractivity contribution in [2.45, 2.75) is 44.5 Å². The number of hydrogen-bond acceptors (Lipinski definition) is 4. The van der Waals surface area contributed by atoms with Crippen molar-refractivity contribution >= 4 is 17.3 Å². The standard InChI is InChI=1S/C12H16O4S/c1-7-5-12(15,6-8(2)16-7)10-9(11(13)14)3-4-17-10/h3-4,7-8,15H,5-6H2,1-2H3,(H,13,14). The van der Waals surface area contributed by atoms with Crippen molar-refractivity contribution in [3.63, 3.8) is 0 Å². The molecular weight excluding hydrogens is 240 g/mol. The van der Waals surface area contributed by atoms with Crippen LogP contribution in [-0.2, 0) is 10.3 Å². The maximum absolute atomic E-state index is 11.1. The number of carboxylic acid groups (broad SMARTS) is 1. The summed E-state index contributed by atoms with van der Waals surface area (Å²) in [6.45, 7) is 3.79. The van der Waals surface area contributed by atoms with E-state index in [0.29, 0.717) is 17.7 Å². The zero-order chi connectivity index (χ0) is 12.6. The van der Waals surface area contributed by atoms with Crippen LogP contribution in [0.1, 0.15) is 41.9 Å². The molecule has 0 aliphatic carbocycles. The number of rotatable bonds is 2. The van der Waals surface area contributed by atoms with Crippen LogP contribution in [-0.4, -0.2) is 28.4 Å². The minimum absolute atomic E-state index is 0.0625. The molecule has 2 N–H and O–H groups in total. The first-order valence-corrected chi connectivity index (χ1v) is 6.49. The van der Waals surface area contributed by atoms with Crippen LogP contribution in [0.2, 0.25) is 0 Å². The Kier molecular flexibility index (Phi) is 3.25. The van der Waals surface area contributed by atoms with Gasteiger partial charge in [-0.1, -0.05) is 0 Å². The molecule has 2 rings (SSSR count). The maximum Gasteiger partial charge on any atom is 0.336 e. The van der Waals surface area contributed by atoms with Crippen molar-refractivity contribution < 1.29 is 19.7 Å². The Morgan fingerprint density at radius 2 is 2.06 bits per heavy atom. The lowest BCUT2D eigenvalue weighted by Gasteiger charge is -2.38. The smallest absolute Gasteiger partial charge is 0.336 e. The van der Waals surface area contributed by atoms with Gasteiger partial charge in [-0.25, -0.2) is 4.79 Å². The van der Waals surface area contributed by atoms with E-state index < -0.39 is 11.6 Å². The molecule has 1 fully saturated rings. The van der Waals surface area contributed by atoms with E-state index in [-0.39, 0.29) is 17.8 Å². The van der Waals surface area contributed by atoms with Crippen LogP contribution in [0, 0.1) is 0 Å². The highest BCUT2D eigenvalue weighted by Gasteiger charge is 2.41. The van der Waals surface area contributed by atoms with E-state index in [9.17, 15) is 9.90 Å². The highest BCUT2D eigenvalue weighted by molar-refractivity contribution is 7.10. The molecule has 2 atom stereocenters. The molecule has 0 bridgehead atoms. The van der Waals surface area contributed by atoms with Crippen molar-refractivity contribution in [2.75, 3.05) is 0 Å². The first-order chi connectivity index (χ1) is 7.92. The van der Waals surface area contributed by atoms with Crippen LogP contribution >= 0.6 is 11.3 Å². The summed E-state index contributed by atoms with van der Waals surface area (Å²) in [4.78, 5) is 11.6. The van der Waals surface area contributed by atoms with E-state index in [1.165, 1.54) is 11.3 Å². The van der Waals surface area contributed by atoms with Crippen LogP contribution in [0.25, 0.3) is 0 Å². The molecule has 1 aromatic heterocycles. The van der Waals surface area contributed by atoms with Crippen LogP contribution in [0.4, 0.5) is 0 Å². The van der Waals surface area contributed by atoms with Gasteiger partial charge in [-0.3, -0.25) is 0 Å². The van der Waals surface area contributed by atoms with Gasteiger partial charge in [0.2, 0.25) is 0 Å². The second-order valence-electron chi connectivity index (χ2n) is 4.67. The fourth-order valence-electron chi connectivity index (χ4n) is 2.55. The Morgan fingerprint density at radius 1 is 1.47 bits per heavy atom. The summed E-state index contributed by atoms with van der Waals surface area (Å²) in [6, 6.07) is 1.55. The third-order valence-corrected chi connectivity index (χ3v) is 4.14. The second kappa shape index (κ2) is 4.40. The molecule has 0 aromatic carbocycles. The summed E-state index contributed by atoms with van der Waals surface area (Å²) in [5.74, 6) is -0.985. The molecular formula is C12H16O4S. The van der Waals surface area contributed by atoms with Gasteiger partial charge in [0, 0.05) is 12.8 Å². The second-order valence-corrected chi connectivity index (χ2v) is 5.58. The first-order valence-electron chi connectivity index (χ1n) is 5.61. The lowest BCUT2D eigenvalue weighted by Crippen LogP contribution is -2.41. The predicted molar refractivity (Wildman–Crippen MR) is 64.4 cm³/mol. The van der Waals surface area contributed by atoms with E-state index in [1.54, 1.807) is 11.4 Å². The SMILES string of the molecule is CC1CC(O)(c2sccc2C(=O)O)CC(C)O1. The molecule has 1 aliphatic rings. The largest absolute Gasteiger partial charge is 0.478 e. The van der Waals surface area contributed by atoms with Crippen LogP contribution in [0.5, 0.6) is 0 Å². The van der Waals surface area contributed by atoms with E-state index in [0.717, 1.165) is 0 Å². The number of carboxylic acids is 1. The van der Waals surface area contributed by atoms with Gasteiger partial charge >= 0.3 is 5.97 Å². The number of hydrogen-bond donors (Lipinski definition) is 2. The van der Waals surface area contributed by atoms with Gasteiger partial charge < -0.3 is 14.9 Å². The third kappa shape index (κ3) is 2.36. The number of thiophene rings is 1. The summed E-state index contributed by atoms with van der Waals surface area (Å²) in [7, 11) is 0. The number of carbonyl (C=O) groups is 1.